The van der Waals surface area contributed by atoms with Gasteiger partial charge in [0.15, 0.2) is 0 Å². The van der Waals surface area contributed by atoms with Gasteiger partial charge in [0, 0.05) is 30.5 Å². The molecule has 0 atom stereocenters. The van der Waals surface area contributed by atoms with Gasteiger partial charge in [0.05, 0.1) is 10.2 Å². The summed E-state index contributed by atoms with van der Waals surface area (Å²) in [6.45, 7) is 4.20. The molecule has 0 unspecified atom stereocenters. The number of nitrogens with zero attached hydrogens (tertiary/aromatic N) is 2. The molecule has 0 radical (unpaired) electrons. The summed E-state index contributed by atoms with van der Waals surface area (Å²) in [7, 11) is 0. The molecular weight excluding hydrogens is 330 g/mol. The minimum atomic E-state index is -0.139. The van der Waals surface area contributed by atoms with E-state index in [1.54, 1.807) is 23.5 Å². The van der Waals surface area contributed by atoms with E-state index in [4.69, 9.17) is 0 Å². The van der Waals surface area contributed by atoms with Crippen LogP contribution in [0.15, 0.2) is 48.5 Å². The van der Waals surface area contributed by atoms with Gasteiger partial charge in [-0.1, -0.05) is 18.2 Å². The highest BCUT2D eigenvalue weighted by Gasteiger charge is 2.17. The molecule has 1 aromatic heterocycles. The summed E-state index contributed by atoms with van der Waals surface area (Å²) in [5.41, 5.74) is 4.38. The SMILES string of the molecule is CCN1CCc2ccc(NC(=O)/C=C/c3nc4ccccc4s3)cc21. The van der Waals surface area contributed by atoms with Gasteiger partial charge < -0.3 is 10.2 Å². The van der Waals surface area contributed by atoms with Gasteiger partial charge in [-0.3, -0.25) is 4.79 Å². The first kappa shape index (κ1) is 15.8. The normalized spacial score (nSPS) is 13.6. The maximum absolute atomic E-state index is 12.2. The number of likely N-dealkylation sites (N-methyl/N-ethyl adjacent to an activating group) is 1. The fourth-order valence-corrected chi connectivity index (χ4v) is 4.01. The molecule has 126 valence electrons. The number of anilines is 2. The standard InChI is InChI=1S/C20H19N3OS/c1-2-23-12-11-14-7-8-15(13-17(14)23)21-19(24)9-10-20-22-16-5-3-4-6-18(16)25-20/h3-10,13H,2,11-12H2,1H3,(H,21,24)/b10-9+. The van der Waals surface area contributed by atoms with Crippen molar-refractivity contribution in [1.82, 2.24) is 4.98 Å². The lowest BCUT2D eigenvalue weighted by Gasteiger charge is -2.17. The fourth-order valence-electron chi connectivity index (χ4n) is 3.14. The zero-order chi connectivity index (χ0) is 17.2. The molecule has 0 spiro atoms. The molecule has 1 amide bonds. The van der Waals surface area contributed by atoms with Crippen LogP contribution in [0.5, 0.6) is 0 Å². The Bertz CT molecular complexity index is 927. The second-order valence-electron chi connectivity index (χ2n) is 6.02. The number of hydrogen-bond acceptors (Lipinski definition) is 4. The average molecular weight is 349 g/mol. The lowest BCUT2D eigenvalue weighted by Crippen LogP contribution is -2.19. The molecule has 25 heavy (non-hydrogen) atoms. The van der Waals surface area contributed by atoms with Gasteiger partial charge in [-0.25, -0.2) is 4.98 Å². The van der Waals surface area contributed by atoms with Crippen LogP contribution in [0.25, 0.3) is 16.3 Å². The summed E-state index contributed by atoms with van der Waals surface area (Å²) in [5.74, 6) is -0.139. The highest BCUT2D eigenvalue weighted by Crippen LogP contribution is 2.30. The number of carbonyl (C=O) groups is 1. The van der Waals surface area contributed by atoms with Crippen molar-refractivity contribution in [3.05, 3.63) is 59.1 Å². The van der Waals surface area contributed by atoms with Crippen molar-refractivity contribution >= 4 is 44.9 Å². The van der Waals surface area contributed by atoms with Gasteiger partial charge in [0.1, 0.15) is 5.01 Å². The molecule has 2 aromatic carbocycles. The fraction of sp³-hybridized carbons (Fsp3) is 0.200. The number of thiazole rings is 1. The van der Waals surface area contributed by atoms with Gasteiger partial charge in [-0.15, -0.1) is 11.3 Å². The Hall–Kier alpha value is -2.66. The van der Waals surface area contributed by atoms with Crippen molar-refractivity contribution in [3.8, 4) is 0 Å². The van der Waals surface area contributed by atoms with Gasteiger partial charge in [0.2, 0.25) is 5.91 Å². The largest absolute Gasteiger partial charge is 0.371 e. The molecule has 2 heterocycles. The Morgan fingerprint density at radius 1 is 1.32 bits per heavy atom. The first-order chi connectivity index (χ1) is 12.2. The van der Waals surface area contributed by atoms with Crippen LogP contribution in [0.4, 0.5) is 11.4 Å². The summed E-state index contributed by atoms with van der Waals surface area (Å²) in [6, 6.07) is 14.1. The molecule has 3 aromatic rings. The van der Waals surface area contributed by atoms with Crippen molar-refractivity contribution in [2.24, 2.45) is 0 Å². The Morgan fingerprint density at radius 3 is 3.04 bits per heavy atom. The van der Waals surface area contributed by atoms with E-state index in [-0.39, 0.29) is 5.91 Å². The van der Waals surface area contributed by atoms with Gasteiger partial charge in [0.25, 0.3) is 0 Å². The van der Waals surface area contributed by atoms with Crippen molar-refractivity contribution in [1.29, 1.82) is 0 Å². The smallest absolute Gasteiger partial charge is 0.248 e. The number of fused-ring (bicyclic) bond motifs is 2. The molecule has 0 saturated heterocycles. The van der Waals surface area contributed by atoms with E-state index < -0.39 is 0 Å². The number of rotatable bonds is 4. The topological polar surface area (TPSA) is 45.2 Å². The summed E-state index contributed by atoms with van der Waals surface area (Å²) in [5, 5.41) is 3.78. The van der Waals surface area contributed by atoms with Gasteiger partial charge >= 0.3 is 0 Å². The molecule has 0 aliphatic carbocycles. The van der Waals surface area contributed by atoms with E-state index >= 15 is 0 Å². The third-order valence-electron chi connectivity index (χ3n) is 4.41. The van der Waals surface area contributed by atoms with Gasteiger partial charge in [-0.05, 0) is 49.2 Å². The van der Waals surface area contributed by atoms with Crippen LogP contribution in [-0.4, -0.2) is 24.0 Å². The monoisotopic (exact) mass is 349 g/mol. The number of carbonyl (C=O) groups excluding carboxylic acids is 1. The van der Waals surface area contributed by atoms with Crippen LogP contribution in [-0.2, 0) is 11.2 Å². The summed E-state index contributed by atoms with van der Waals surface area (Å²) < 4.78 is 1.13. The summed E-state index contributed by atoms with van der Waals surface area (Å²) in [4.78, 5) is 19.1. The van der Waals surface area contributed by atoms with Crippen LogP contribution < -0.4 is 10.2 Å². The molecule has 0 fully saturated rings. The predicted octanol–water partition coefficient (Wildman–Crippen LogP) is 4.33. The summed E-state index contributed by atoms with van der Waals surface area (Å²) in [6.07, 6.45) is 4.39. The number of hydrogen-bond donors (Lipinski definition) is 1. The highest BCUT2D eigenvalue weighted by molar-refractivity contribution is 7.19. The van der Waals surface area contributed by atoms with Crippen LogP contribution in [0.1, 0.15) is 17.5 Å². The minimum absolute atomic E-state index is 0.139. The quantitative estimate of drug-likeness (QED) is 0.713. The van der Waals surface area contributed by atoms with Crippen LogP contribution in [0.2, 0.25) is 0 Å². The van der Waals surface area contributed by atoms with Crippen molar-refractivity contribution in [2.75, 3.05) is 23.3 Å². The Morgan fingerprint density at radius 2 is 2.20 bits per heavy atom. The molecular formula is C20H19N3OS. The molecule has 1 aliphatic heterocycles. The lowest BCUT2D eigenvalue weighted by atomic mass is 10.1. The first-order valence-corrected chi connectivity index (χ1v) is 9.27. The van der Waals surface area contributed by atoms with Gasteiger partial charge in [-0.2, -0.15) is 0 Å². The third kappa shape index (κ3) is 3.28. The van der Waals surface area contributed by atoms with E-state index in [9.17, 15) is 4.79 Å². The van der Waals surface area contributed by atoms with Crippen molar-refractivity contribution in [3.63, 3.8) is 0 Å². The predicted molar refractivity (Wildman–Crippen MR) is 105 cm³/mol. The second kappa shape index (κ2) is 6.69. The molecule has 4 rings (SSSR count). The van der Waals surface area contributed by atoms with Crippen LogP contribution >= 0.6 is 11.3 Å². The molecule has 1 aliphatic rings. The molecule has 4 nitrogen and oxygen atoms in total. The van der Waals surface area contributed by atoms with Crippen LogP contribution in [0.3, 0.4) is 0 Å². The van der Waals surface area contributed by atoms with Crippen molar-refractivity contribution in [2.45, 2.75) is 13.3 Å². The van der Waals surface area contributed by atoms with E-state index in [1.165, 1.54) is 11.3 Å². The second-order valence-corrected chi connectivity index (χ2v) is 7.08. The molecule has 1 N–H and O–H groups in total. The maximum Gasteiger partial charge on any atom is 0.248 e. The number of benzene rings is 2. The third-order valence-corrected chi connectivity index (χ3v) is 5.42. The van der Waals surface area contributed by atoms with E-state index in [2.05, 4.69) is 34.3 Å². The lowest BCUT2D eigenvalue weighted by molar-refractivity contribution is -0.111. The maximum atomic E-state index is 12.2. The first-order valence-electron chi connectivity index (χ1n) is 8.45. The Labute approximate surface area is 150 Å². The Kier molecular flexibility index (Phi) is 4.24. The Balaban J connectivity index is 1.47. The van der Waals surface area contributed by atoms with E-state index in [0.717, 1.165) is 40.4 Å². The molecule has 5 heteroatoms. The average Bonchev–Trinajstić information content (AvgIpc) is 3.22. The minimum Gasteiger partial charge on any atom is -0.371 e. The zero-order valence-corrected chi connectivity index (χ0v) is 14.8. The van der Waals surface area contributed by atoms with Crippen molar-refractivity contribution < 1.29 is 4.79 Å². The number of amides is 1. The number of nitrogens with one attached hydrogen (secondary N) is 1. The molecule has 0 saturated carbocycles. The summed E-state index contributed by atoms with van der Waals surface area (Å²) >= 11 is 1.58. The zero-order valence-electron chi connectivity index (χ0n) is 14.0. The number of para-hydroxylation sites is 1. The highest BCUT2D eigenvalue weighted by atomic mass is 32.1. The number of aromatic nitrogens is 1. The van der Waals surface area contributed by atoms with E-state index in [0.29, 0.717) is 0 Å². The molecule has 0 bridgehead atoms. The van der Waals surface area contributed by atoms with Crippen LogP contribution in [0, 0.1) is 0 Å². The van der Waals surface area contributed by atoms with E-state index in [1.807, 2.05) is 30.3 Å².